The molecule has 1 fully saturated rings. The van der Waals surface area contributed by atoms with Crippen molar-refractivity contribution >= 4 is 11.2 Å². The first-order chi connectivity index (χ1) is 13.7. The molecule has 1 aromatic carbocycles. The molecular weight excluding hydrogens is 356 g/mol. The van der Waals surface area contributed by atoms with Crippen molar-refractivity contribution in [1.82, 2.24) is 24.6 Å². The third-order valence-corrected chi connectivity index (χ3v) is 5.25. The summed E-state index contributed by atoms with van der Waals surface area (Å²) >= 11 is 0. The largest absolute Gasteiger partial charge is 0.493 e. The van der Waals surface area contributed by atoms with E-state index < -0.39 is 0 Å². The monoisotopic (exact) mass is 382 g/mol. The predicted octanol–water partition coefficient (Wildman–Crippen LogP) is 1.79. The van der Waals surface area contributed by atoms with Gasteiger partial charge in [-0.3, -0.25) is 4.90 Å². The maximum atomic E-state index is 5.73. The van der Waals surface area contributed by atoms with E-state index in [9.17, 15) is 0 Å². The fraction of sp³-hybridized carbons (Fsp3) is 0.450. The summed E-state index contributed by atoms with van der Waals surface area (Å²) in [6, 6.07) is 6.09. The van der Waals surface area contributed by atoms with E-state index in [2.05, 4.69) is 20.9 Å². The zero-order valence-electron chi connectivity index (χ0n) is 16.3. The van der Waals surface area contributed by atoms with Gasteiger partial charge in [0.25, 0.3) is 0 Å². The molecule has 8 heteroatoms. The second kappa shape index (κ2) is 8.12. The van der Waals surface area contributed by atoms with E-state index in [1.54, 1.807) is 26.6 Å². The van der Waals surface area contributed by atoms with Crippen LogP contribution in [0.4, 0.5) is 0 Å². The minimum Gasteiger partial charge on any atom is -0.493 e. The highest BCUT2D eigenvalue weighted by atomic mass is 16.5. The molecule has 1 aliphatic heterocycles. The van der Waals surface area contributed by atoms with Crippen molar-refractivity contribution in [2.75, 3.05) is 33.9 Å². The Morgan fingerprint density at radius 1 is 1.14 bits per heavy atom. The van der Waals surface area contributed by atoms with Gasteiger partial charge in [0.15, 0.2) is 17.1 Å². The number of rotatable bonds is 7. The number of hydrogen-bond acceptors (Lipinski definition) is 7. The van der Waals surface area contributed by atoms with E-state index >= 15 is 0 Å². The number of fused-ring (bicyclic) bond motifs is 1. The van der Waals surface area contributed by atoms with Crippen molar-refractivity contribution < 1.29 is 9.47 Å². The zero-order chi connectivity index (χ0) is 19.5. The molecular formula is C20H26N6O2. The smallest absolute Gasteiger partial charge is 0.177 e. The average Bonchev–Trinajstić information content (AvgIpc) is 3.33. The Balaban J connectivity index is 1.51. The second-order valence-corrected chi connectivity index (χ2v) is 7.04. The minimum absolute atomic E-state index is 0.346. The lowest BCUT2D eigenvalue weighted by Crippen LogP contribution is -2.20. The molecule has 2 N–H and O–H groups in total. The topological polar surface area (TPSA) is 91.3 Å². The Morgan fingerprint density at radius 2 is 1.96 bits per heavy atom. The van der Waals surface area contributed by atoms with Gasteiger partial charge in [0.05, 0.1) is 26.5 Å². The molecule has 1 atom stereocenters. The predicted molar refractivity (Wildman–Crippen MR) is 107 cm³/mol. The molecule has 0 bridgehead atoms. The molecule has 8 nitrogen and oxygen atoms in total. The van der Waals surface area contributed by atoms with E-state index in [0.717, 1.165) is 54.4 Å². The van der Waals surface area contributed by atoms with Gasteiger partial charge in [-0.2, -0.15) is 5.10 Å². The number of likely N-dealkylation sites (tertiary alicyclic amines) is 1. The maximum absolute atomic E-state index is 5.73. The quantitative estimate of drug-likeness (QED) is 0.666. The third kappa shape index (κ3) is 3.53. The first-order valence-corrected chi connectivity index (χ1v) is 9.54. The summed E-state index contributed by atoms with van der Waals surface area (Å²) in [5, 5.41) is 4.80. The van der Waals surface area contributed by atoms with Gasteiger partial charge >= 0.3 is 0 Å². The summed E-state index contributed by atoms with van der Waals surface area (Å²) in [6.07, 6.45) is 4.49. The molecule has 0 aliphatic carbocycles. The normalized spacial score (nSPS) is 17.3. The summed E-state index contributed by atoms with van der Waals surface area (Å²) in [4.78, 5) is 11.4. The second-order valence-electron chi connectivity index (χ2n) is 7.04. The molecule has 0 spiro atoms. The molecule has 0 saturated carbocycles. The lowest BCUT2D eigenvalue weighted by Gasteiger charge is -2.17. The van der Waals surface area contributed by atoms with Crippen molar-refractivity contribution in [1.29, 1.82) is 0 Å². The molecule has 0 unspecified atom stereocenters. The summed E-state index contributed by atoms with van der Waals surface area (Å²) in [5.41, 5.74) is 9.69. The van der Waals surface area contributed by atoms with Crippen molar-refractivity contribution in [2.45, 2.75) is 25.4 Å². The van der Waals surface area contributed by atoms with Crippen molar-refractivity contribution in [3.63, 3.8) is 0 Å². The first kappa shape index (κ1) is 18.6. The molecule has 2 aromatic heterocycles. The molecule has 148 valence electrons. The van der Waals surface area contributed by atoms with Gasteiger partial charge in [-0.05, 0) is 30.7 Å². The van der Waals surface area contributed by atoms with Crippen LogP contribution >= 0.6 is 0 Å². The van der Waals surface area contributed by atoms with Crippen molar-refractivity contribution in [3.05, 3.63) is 41.9 Å². The Labute approximate surface area is 164 Å². The highest BCUT2D eigenvalue weighted by molar-refractivity contribution is 5.73. The van der Waals surface area contributed by atoms with Gasteiger partial charge in [0.1, 0.15) is 5.52 Å². The van der Waals surface area contributed by atoms with Crippen LogP contribution < -0.4 is 15.2 Å². The highest BCUT2D eigenvalue weighted by Crippen LogP contribution is 2.32. The van der Waals surface area contributed by atoms with Crippen LogP contribution in [-0.2, 0) is 13.1 Å². The SMILES string of the molecule is COc1ccc(CN2CC[C@@H](c3nn(CCN)c4nccnc34)C2)cc1OC. The highest BCUT2D eigenvalue weighted by Gasteiger charge is 2.29. The van der Waals surface area contributed by atoms with Crippen molar-refractivity contribution in [2.24, 2.45) is 5.73 Å². The molecule has 0 amide bonds. The van der Waals surface area contributed by atoms with Gasteiger partial charge in [-0.1, -0.05) is 6.07 Å². The Morgan fingerprint density at radius 3 is 2.75 bits per heavy atom. The van der Waals surface area contributed by atoms with E-state index in [1.165, 1.54) is 5.56 Å². The van der Waals surface area contributed by atoms with E-state index in [1.807, 2.05) is 16.8 Å². The van der Waals surface area contributed by atoms with Crippen LogP contribution in [0.1, 0.15) is 23.6 Å². The van der Waals surface area contributed by atoms with Gasteiger partial charge in [0.2, 0.25) is 0 Å². The van der Waals surface area contributed by atoms with E-state index in [0.29, 0.717) is 19.0 Å². The Kier molecular flexibility index (Phi) is 5.40. The lowest BCUT2D eigenvalue weighted by atomic mass is 10.0. The number of aromatic nitrogens is 4. The van der Waals surface area contributed by atoms with E-state index in [4.69, 9.17) is 20.3 Å². The third-order valence-electron chi connectivity index (χ3n) is 5.25. The molecule has 4 rings (SSSR count). The van der Waals surface area contributed by atoms with Crippen LogP contribution in [0, 0.1) is 0 Å². The number of ether oxygens (including phenoxy) is 2. The molecule has 28 heavy (non-hydrogen) atoms. The Bertz CT molecular complexity index is 957. The van der Waals surface area contributed by atoms with E-state index in [-0.39, 0.29) is 0 Å². The summed E-state index contributed by atoms with van der Waals surface area (Å²) in [6.45, 7) is 4.01. The van der Waals surface area contributed by atoms with Crippen LogP contribution in [0.2, 0.25) is 0 Å². The van der Waals surface area contributed by atoms with Crippen LogP contribution in [-0.4, -0.2) is 58.5 Å². The summed E-state index contributed by atoms with van der Waals surface area (Å²) < 4.78 is 12.6. The summed E-state index contributed by atoms with van der Waals surface area (Å²) in [7, 11) is 3.32. The van der Waals surface area contributed by atoms with Crippen LogP contribution in [0.15, 0.2) is 30.6 Å². The number of hydrogen-bond donors (Lipinski definition) is 1. The molecule has 0 radical (unpaired) electrons. The van der Waals surface area contributed by atoms with Crippen LogP contribution in [0.25, 0.3) is 11.2 Å². The maximum Gasteiger partial charge on any atom is 0.177 e. The lowest BCUT2D eigenvalue weighted by molar-refractivity contribution is 0.323. The Hall–Kier alpha value is -2.71. The van der Waals surface area contributed by atoms with Gasteiger partial charge in [-0.25, -0.2) is 14.6 Å². The first-order valence-electron chi connectivity index (χ1n) is 9.54. The fourth-order valence-electron chi connectivity index (χ4n) is 3.91. The van der Waals surface area contributed by atoms with Crippen LogP contribution in [0.5, 0.6) is 11.5 Å². The summed E-state index contributed by atoms with van der Waals surface area (Å²) in [5.74, 6) is 1.86. The fourth-order valence-corrected chi connectivity index (χ4v) is 3.91. The zero-order valence-corrected chi connectivity index (χ0v) is 16.3. The molecule has 3 aromatic rings. The van der Waals surface area contributed by atoms with Crippen LogP contribution in [0.3, 0.4) is 0 Å². The standard InChI is InChI=1S/C20H26N6O2/c1-27-16-4-3-14(11-17(16)28-2)12-25-9-5-15(13-25)18-19-20(23-8-7-22-19)26(24-18)10-6-21/h3-4,7-8,11,15H,5-6,9-10,12-13,21H2,1-2H3/t15-/m1/s1. The average molecular weight is 382 g/mol. The molecule has 3 heterocycles. The number of methoxy groups -OCH3 is 2. The van der Waals surface area contributed by atoms with Gasteiger partial charge in [0, 0.05) is 37.9 Å². The number of nitrogens with zero attached hydrogens (tertiary/aromatic N) is 5. The minimum atomic E-state index is 0.346. The number of benzene rings is 1. The van der Waals surface area contributed by atoms with Gasteiger partial charge < -0.3 is 15.2 Å². The molecule has 1 aliphatic rings. The molecule has 1 saturated heterocycles. The number of nitrogens with two attached hydrogens (primary N) is 1. The van der Waals surface area contributed by atoms with Gasteiger partial charge in [-0.15, -0.1) is 0 Å². The van der Waals surface area contributed by atoms with Crippen molar-refractivity contribution in [3.8, 4) is 11.5 Å².